The van der Waals surface area contributed by atoms with Crippen LogP contribution in [0, 0.1) is 0 Å². The molecule has 1 aliphatic rings. The summed E-state index contributed by atoms with van der Waals surface area (Å²) >= 11 is 0. The minimum atomic E-state index is -0.0531. The number of nitrogens with zero attached hydrogens (tertiary/aromatic N) is 4. The summed E-state index contributed by atoms with van der Waals surface area (Å²) in [6.07, 6.45) is 5.43. The Morgan fingerprint density at radius 3 is 2.92 bits per heavy atom. The van der Waals surface area contributed by atoms with E-state index in [0.29, 0.717) is 12.2 Å². The number of ether oxygens (including phenoxy) is 1. The molecule has 1 aromatic carbocycles. The molecule has 7 nitrogen and oxygen atoms in total. The molecule has 24 heavy (non-hydrogen) atoms. The van der Waals surface area contributed by atoms with Gasteiger partial charge in [0.2, 0.25) is 5.91 Å². The fourth-order valence-electron chi connectivity index (χ4n) is 2.88. The number of nitrogens with one attached hydrogen (secondary N) is 1. The molecule has 0 fully saturated rings. The molecule has 0 aliphatic carbocycles. The summed E-state index contributed by atoms with van der Waals surface area (Å²) in [7, 11) is 1.81. The molecule has 1 aliphatic heterocycles. The van der Waals surface area contributed by atoms with Crippen molar-refractivity contribution in [2.45, 2.75) is 12.3 Å². The van der Waals surface area contributed by atoms with Crippen molar-refractivity contribution in [3.8, 4) is 11.8 Å². The SMILES string of the molecule is Cn1ncc2c1NC(=O)CC2c1cccc(Oc2ncccn2)c1. The van der Waals surface area contributed by atoms with Crippen LogP contribution >= 0.6 is 0 Å². The highest BCUT2D eigenvalue weighted by atomic mass is 16.5. The van der Waals surface area contributed by atoms with Crippen LogP contribution in [0.3, 0.4) is 0 Å². The van der Waals surface area contributed by atoms with Crippen molar-refractivity contribution in [1.82, 2.24) is 19.7 Å². The Hall–Kier alpha value is -3.22. The lowest BCUT2D eigenvalue weighted by molar-refractivity contribution is -0.116. The van der Waals surface area contributed by atoms with E-state index in [9.17, 15) is 4.79 Å². The molecular formula is C17H15N5O2. The Labute approximate surface area is 138 Å². The van der Waals surface area contributed by atoms with Gasteiger partial charge in [-0.05, 0) is 23.8 Å². The van der Waals surface area contributed by atoms with Crippen LogP contribution in [0.4, 0.5) is 5.82 Å². The van der Waals surface area contributed by atoms with Gasteiger partial charge in [-0.1, -0.05) is 12.1 Å². The summed E-state index contributed by atoms with van der Waals surface area (Å²) in [6.45, 7) is 0. The minimum absolute atomic E-state index is 0.0196. The number of carbonyl (C=O) groups excluding carboxylic acids is 1. The third kappa shape index (κ3) is 2.60. The maximum atomic E-state index is 12.0. The Morgan fingerprint density at radius 2 is 2.08 bits per heavy atom. The van der Waals surface area contributed by atoms with Crippen LogP contribution in [0.15, 0.2) is 48.9 Å². The second-order valence-electron chi connectivity index (χ2n) is 5.58. The molecule has 0 radical (unpaired) electrons. The molecule has 1 amide bonds. The first-order chi connectivity index (χ1) is 11.7. The lowest BCUT2D eigenvalue weighted by Gasteiger charge is -2.23. The van der Waals surface area contributed by atoms with E-state index in [1.54, 1.807) is 29.3 Å². The van der Waals surface area contributed by atoms with Gasteiger partial charge < -0.3 is 10.1 Å². The molecule has 0 saturated carbocycles. The molecule has 120 valence electrons. The molecule has 7 heteroatoms. The van der Waals surface area contributed by atoms with Crippen LogP contribution in [-0.4, -0.2) is 25.7 Å². The zero-order chi connectivity index (χ0) is 16.5. The van der Waals surface area contributed by atoms with Gasteiger partial charge in [0.25, 0.3) is 0 Å². The van der Waals surface area contributed by atoms with Crippen molar-refractivity contribution in [2.75, 3.05) is 5.32 Å². The number of aromatic nitrogens is 4. The minimum Gasteiger partial charge on any atom is -0.424 e. The van der Waals surface area contributed by atoms with E-state index in [2.05, 4.69) is 20.4 Å². The summed E-state index contributed by atoms with van der Waals surface area (Å²) in [4.78, 5) is 20.1. The Balaban J connectivity index is 1.68. The van der Waals surface area contributed by atoms with Crippen LogP contribution in [0.1, 0.15) is 23.5 Å². The number of amides is 1. The Bertz CT molecular complexity index is 891. The highest BCUT2D eigenvalue weighted by molar-refractivity contribution is 5.94. The fourth-order valence-corrected chi connectivity index (χ4v) is 2.88. The average molecular weight is 321 g/mol. The molecule has 0 saturated heterocycles. The van der Waals surface area contributed by atoms with E-state index in [1.165, 1.54) is 0 Å². The van der Waals surface area contributed by atoms with Gasteiger partial charge in [0.05, 0.1) is 6.20 Å². The first-order valence-electron chi connectivity index (χ1n) is 7.57. The number of rotatable bonds is 3. The van der Waals surface area contributed by atoms with Gasteiger partial charge in [-0.15, -0.1) is 0 Å². The number of hydrogen-bond acceptors (Lipinski definition) is 5. The molecule has 1 unspecified atom stereocenters. The molecule has 3 aromatic rings. The van der Waals surface area contributed by atoms with Gasteiger partial charge >= 0.3 is 6.01 Å². The van der Waals surface area contributed by atoms with Crippen LogP contribution in [0.2, 0.25) is 0 Å². The monoisotopic (exact) mass is 321 g/mol. The zero-order valence-electron chi connectivity index (χ0n) is 13.0. The fraction of sp³-hybridized carbons (Fsp3) is 0.176. The number of fused-ring (bicyclic) bond motifs is 1. The molecule has 1 atom stereocenters. The van der Waals surface area contributed by atoms with Crippen molar-refractivity contribution in [1.29, 1.82) is 0 Å². The van der Waals surface area contributed by atoms with Gasteiger partial charge in [-0.25, -0.2) is 9.97 Å². The van der Waals surface area contributed by atoms with E-state index in [1.807, 2.05) is 31.3 Å². The second-order valence-corrected chi connectivity index (χ2v) is 5.58. The Kier molecular flexibility index (Phi) is 3.45. The molecular weight excluding hydrogens is 306 g/mol. The molecule has 0 spiro atoms. The van der Waals surface area contributed by atoms with E-state index in [-0.39, 0.29) is 17.8 Å². The maximum absolute atomic E-state index is 12.0. The summed E-state index contributed by atoms with van der Waals surface area (Å²) in [5.74, 6) is 1.31. The Morgan fingerprint density at radius 1 is 1.25 bits per heavy atom. The van der Waals surface area contributed by atoms with Gasteiger partial charge in [0, 0.05) is 37.3 Å². The van der Waals surface area contributed by atoms with Crippen molar-refractivity contribution in [3.05, 3.63) is 60.0 Å². The molecule has 0 bridgehead atoms. The van der Waals surface area contributed by atoms with Gasteiger partial charge in [-0.3, -0.25) is 9.48 Å². The van der Waals surface area contributed by atoms with Crippen LogP contribution < -0.4 is 10.1 Å². The third-order valence-electron chi connectivity index (χ3n) is 4.00. The first kappa shape index (κ1) is 14.4. The van der Waals surface area contributed by atoms with E-state index < -0.39 is 0 Å². The number of hydrogen-bond donors (Lipinski definition) is 1. The molecule has 2 aromatic heterocycles. The smallest absolute Gasteiger partial charge is 0.321 e. The predicted molar refractivity (Wildman–Crippen MR) is 86.8 cm³/mol. The van der Waals surface area contributed by atoms with E-state index in [4.69, 9.17) is 4.74 Å². The number of benzene rings is 1. The maximum Gasteiger partial charge on any atom is 0.321 e. The predicted octanol–water partition coefficient (Wildman–Crippen LogP) is 2.48. The van der Waals surface area contributed by atoms with Crippen molar-refractivity contribution in [2.24, 2.45) is 7.05 Å². The lowest BCUT2D eigenvalue weighted by Crippen LogP contribution is -2.24. The van der Waals surface area contributed by atoms with Crippen molar-refractivity contribution >= 4 is 11.7 Å². The summed E-state index contributed by atoms with van der Waals surface area (Å²) in [6, 6.07) is 9.66. The van der Waals surface area contributed by atoms with Crippen LogP contribution in [0.5, 0.6) is 11.8 Å². The van der Waals surface area contributed by atoms with Crippen LogP contribution in [-0.2, 0) is 11.8 Å². The third-order valence-corrected chi connectivity index (χ3v) is 4.00. The van der Waals surface area contributed by atoms with Crippen molar-refractivity contribution < 1.29 is 9.53 Å². The highest BCUT2D eigenvalue weighted by Gasteiger charge is 2.29. The molecule has 1 N–H and O–H groups in total. The van der Waals surface area contributed by atoms with Gasteiger partial charge in [0.1, 0.15) is 11.6 Å². The topological polar surface area (TPSA) is 81.9 Å². The highest BCUT2D eigenvalue weighted by Crippen LogP contribution is 2.37. The largest absolute Gasteiger partial charge is 0.424 e. The molecule has 4 rings (SSSR count). The average Bonchev–Trinajstić information content (AvgIpc) is 2.96. The van der Waals surface area contributed by atoms with E-state index in [0.717, 1.165) is 16.9 Å². The summed E-state index contributed by atoms with van der Waals surface area (Å²) in [5.41, 5.74) is 2.00. The number of anilines is 1. The van der Waals surface area contributed by atoms with Crippen molar-refractivity contribution in [3.63, 3.8) is 0 Å². The summed E-state index contributed by atoms with van der Waals surface area (Å²) in [5, 5.41) is 7.12. The lowest BCUT2D eigenvalue weighted by atomic mass is 9.87. The normalized spacial score (nSPS) is 16.4. The van der Waals surface area contributed by atoms with Crippen LogP contribution in [0.25, 0.3) is 0 Å². The zero-order valence-corrected chi connectivity index (χ0v) is 13.0. The first-order valence-corrected chi connectivity index (χ1v) is 7.57. The summed E-state index contributed by atoms with van der Waals surface area (Å²) < 4.78 is 7.36. The number of carbonyl (C=O) groups is 1. The molecule has 3 heterocycles. The quantitative estimate of drug-likeness (QED) is 0.801. The van der Waals surface area contributed by atoms with Gasteiger partial charge in [-0.2, -0.15) is 5.10 Å². The standard InChI is InChI=1S/C17H15N5O2/c1-22-16-14(10-20-22)13(9-15(23)21-16)11-4-2-5-12(8-11)24-17-18-6-3-7-19-17/h2-8,10,13H,9H2,1H3,(H,21,23). The van der Waals surface area contributed by atoms with E-state index >= 15 is 0 Å². The second kappa shape index (κ2) is 5.77. The van der Waals surface area contributed by atoms with Gasteiger partial charge in [0.15, 0.2) is 0 Å². The number of aryl methyl sites for hydroxylation is 1.